The van der Waals surface area contributed by atoms with E-state index < -0.39 is 11.6 Å². The lowest BCUT2D eigenvalue weighted by atomic mass is 10.1. The summed E-state index contributed by atoms with van der Waals surface area (Å²) < 4.78 is 5.14. The molecule has 21 heavy (non-hydrogen) atoms. The van der Waals surface area contributed by atoms with Gasteiger partial charge in [0.15, 0.2) is 0 Å². The van der Waals surface area contributed by atoms with Crippen LogP contribution in [0.2, 0.25) is 0 Å². The number of nitrogens with zero attached hydrogens (tertiary/aromatic N) is 1. The van der Waals surface area contributed by atoms with Crippen LogP contribution in [-0.4, -0.2) is 17.5 Å². The number of carbonyl (C=O) groups excluding carboxylic acids is 2. The molecule has 1 aromatic carbocycles. The molecule has 1 aromatic rings. The number of carbonyl (C=O) groups is 2. The molecule has 0 unspecified atom stereocenters. The third-order valence-electron chi connectivity index (χ3n) is 2.62. The highest BCUT2D eigenvalue weighted by Crippen LogP contribution is 2.17. The van der Waals surface area contributed by atoms with Crippen LogP contribution < -0.4 is 5.32 Å². The van der Waals surface area contributed by atoms with E-state index in [1.807, 2.05) is 13.0 Å². The van der Waals surface area contributed by atoms with Gasteiger partial charge in [-0.05, 0) is 45.4 Å². The van der Waals surface area contributed by atoms with Crippen molar-refractivity contribution < 1.29 is 14.3 Å². The van der Waals surface area contributed by atoms with Gasteiger partial charge in [-0.3, -0.25) is 9.59 Å². The predicted octanol–water partition coefficient (Wildman–Crippen LogP) is 2.93. The number of nitriles is 1. The van der Waals surface area contributed by atoms with Crippen molar-refractivity contribution in [3.8, 4) is 6.07 Å². The smallest absolute Gasteiger partial charge is 0.306 e. The molecule has 0 aromatic heterocycles. The lowest BCUT2D eigenvalue weighted by molar-refractivity contribution is -0.155. The summed E-state index contributed by atoms with van der Waals surface area (Å²) in [5.74, 6) is -0.681. The molecule has 112 valence electrons. The monoisotopic (exact) mass is 288 g/mol. The third kappa shape index (κ3) is 6.09. The number of rotatable bonds is 4. The van der Waals surface area contributed by atoms with Crippen molar-refractivity contribution in [2.75, 3.05) is 5.32 Å². The number of ether oxygens (including phenoxy) is 1. The summed E-state index contributed by atoms with van der Waals surface area (Å²) >= 11 is 0. The molecule has 0 saturated carbocycles. The molecule has 1 rings (SSSR count). The van der Waals surface area contributed by atoms with Gasteiger partial charge in [0, 0.05) is 12.1 Å². The number of nitrogens with one attached hydrogen (secondary N) is 1. The van der Waals surface area contributed by atoms with Gasteiger partial charge in [0.1, 0.15) is 5.60 Å². The molecule has 0 bridgehead atoms. The van der Waals surface area contributed by atoms with Gasteiger partial charge in [0.05, 0.1) is 18.1 Å². The molecule has 0 aliphatic rings. The number of aryl methyl sites for hydroxylation is 1. The van der Waals surface area contributed by atoms with Crippen molar-refractivity contribution in [3.05, 3.63) is 29.3 Å². The Kier molecular flexibility index (Phi) is 5.48. The third-order valence-corrected chi connectivity index (χ3v) is 2.62. The maximum absolute atomic E-state index is 11.8. The number of hydrogen-bond donors (Lipinski definition) is 1. The molecule has 5 heteroatoms. The Hall–Kier alpha value is -2.35. The Labute approximate surface area is 124 Å². The van der Waals surface area contributed by atoms with Gasteiger partial charge >= 0.3 is 5.97 Å². The van der Waals surface area contributed by atoms with Crippen molar-refractivity contribution in [2.24, 2.45) is 0 Å². The van der Waals surface area contributed by atoms with Crippen LogP contribution in [0.1, 0.15) is 44.7 Å². The van der Waals surface area contributed by atoms with Crippen LogP contribution in [0.15, 0.2) is 18.2 Å². The molecular weight excluding hydrogens is 268 g/mol. The van der Waals surface area contributed by atoms with E-state index in [0.29, 0.717) is 11.3 Å². The average Bonchev–Trinajstić information content (AvgIpc) is 2.37. The summed E-state index contributed by atoms with van der Waals surface area (Å²) in [5, 5.41) is 11.6. The van der Waals surface area contributed by atoms with Crippen LogP contribution in [0, 0.1) is 18.3 Å². The number of benzene rings is 1. The van der Waals surface area contributed by atoms with E-state index in [0.717, 1.165) is 5.56 Å². The van der Waals surface area contributed by atoms with E-state index in [4.69, 9.17) is 10.00 Å². The number of hydrogen-bond acceptors (Lipinski definition) is 4. The number of anilines is 1. The normalized spacial score (nSPS) is 10.6. The minimum Gasteiger partial charge on any atom is -0.460 e. The van der Waals surface area contributed by atoms with Gasteiger partial charge in [0.25, 0.3) is 0 Å². The molecule has 0 fully saturated rings. The second kappa shape index (κ2) is 6.89. The summed E-state index contributed by atoms with van der Waals surface area (Å²) in [6.45, 7) is 7.18. The van der Waals surface area contributed by atoms with Crippen LogP contribution >= 0.6 is 0 Å². The van der Waals surface area contributed by atoms with E-state index >= 15 is 0 Å². The van der Waals surface area contributed by atoms with Gasteiger partial charge in [-0.1, -0.05) is 6.07 Å². The minimum atomic E-state index is -0.550. The van der Waals surface area contributed by atoms with Crippen LogP contribution in [0.25, 0.3) is 0 Å². The Morgan fingerprint density at radius 3 is 2.52 bits per heavy atom. The first-order valence-corrected chi connectivity index (χ1v) is 6.74. The van der Waals surface area contributed by atoms with Gasteiger partial charge in [-0.15, -0.1) is 0 Å². The molecular formula is C16H20N2O3. The van der Waals surface area contributed by atoms with E-state index in [1.54, 1.807) is 39.0 Å². The molecule has 0 saturated heterocycles. The largest absolute Gasteiger partial charge is 0.460 e. The van der Waals surface area contributed by atoms with Gasteiger partial charge in [0.2, 0.25) is 5.91 Å². The Bertz CT molecular complexity index is 580. The zero-order valence-corrected chi connectivity index (χ0v) is 12.8. The summed E-state index contributed by atoms with van der Waals surface area (Å²) in [4.78, 5) is 23.4. The van der Waals surface area contributed by atoms with Crippen molar-refractivity contribution in [1.29, 1.82) is 5.26 Å². The fourth-order valence-electron chi connectivity index (χ4n) is 1.65. The Balaban J connectivity index is 2.55. The second-order valence-corrected chi connectivity index (χ2v) is 5.78. The summed E-state index contributed by atoms with van der Waals surface area (Å²) in [6, 6.07) is 7.08. The molecule has 0 atom stereocenters. The number of esters is 1. The topological polar surface area (TPSA) is 79.2 Å². The molecule has 0 radical (unpaired) electrons. The van der Waals surface area contributed by atoms with Crippen LogP contribution in [0.3, 0.4) is 0 Å². The van der Waals surface area contributed by atoms with E-state index in [2.05, 4.69) is 5.32 Å². The van der Waals surface area contributed by atoms with Crippen LogP contribution in [-0.2, 0) is 14.3 Å². The zero-order valence-electron chi connectivity index (χ0n) is 12.8. The Morgan fingerprint density at radius 1 is 1.29 bits per heavy atom. The highest BCUT2D eigenvalue weighted by atomic mass is 16.6. The van der Waals surface area contributed by atoms with Gasteiger partial charge < -0.3 is 10.1 Å². The van der Waals surface area contributed by atoms with Gasteiger partial charge in [-0.25, -0.2) is 0 Å². The molecule has 1 N–H and O–H groups in total. The molecule has 0 aliphatic carbocycles. The van der Waals surface area contributed by atoms with E-state index in [1.165, 1.54) is 0 Å². The fraction of sp³-hybridized carbons (Fsp3) is 0.438. The predicted molar refractivity (Wildman–Crippen MR) is 79.6 cm³/mol. The van der Waals surface area contributed by atoms with Crippen molar-refractivity contribution in [2.45, 2.75) is 46.1 Å². The first-order valence-electron chi connectivity index (χ1n) is 6.74. The number of amides is 1. The van der Waals surface area contributed by atoms with E-state index in [-0.39, 0.29) is 18.7 Å². The first-order chi connectivity index (χ1) is 9.71. The highest BCUT2D eigenvalue weighted by molar-refractivity contribution is 5.93. The molecule has 1 amide bonds. The summed E-state index contributed by atoms with van der Waals surface area (Å²) in [7, 11) is 0. The molecule has 0 aliphatic heterocycles. The quantitative estimate of drug-likeness (QED) is 0.864. The highest BCUT2D eigenvalue weighted by Gasteiger charge is 2.17. The summed E-state index contributed by atoms with van der Waals surface area (Å²) in [5.41, 5.74) is 1.37. The lowest BCUT2D eigenvalue weighted by Crippen LogP contribution is -2.24. The molecule has 5 nitrogen and oxygen atoms in total. The lowest BCUT2D eigenvalue weighted by Gasteiger charge is -2.19. The SMILES string of the molecule is Cc1ccc(C#N)cc1NC(=O)CCC(=O)OC(C)(C)C. The van der Waals surface area contributed by atoms with Crippen LogP contribution in [0.5, 0.6) is 0 Å². The zero-order chi connectivity index (χ0) is 16.0. The van der Waals surface area contributed by atoms with Gasteiger partial charge in [-0.2, -0.15) is 5.26 Å². The Morgan fingerprint density at radius 2 is 1.95 bits per heavy atom. The summed E-state index contributed by atoms with van der Waals surface area (Å²) in [6.07, 6.45) is 0.0746. The standard InChI is InChI=1S/C16H20N2O3/c1-11-5-6-12(10-17)9-13(11)18-14(19)7-8-15(20)21-16(2,3)4/h5-6,9H,7-8H2,1-4H3,(H,18,19). The van der Waals surface area contributed by atoms with Crippen molar-refractivity contribution >= 4 is 17.6 Å². The molecule has 0 heterocycles. The minimum absolute atomic E-state index is 0.0279. The fourth-order valence-corrected chi connectivity index (χ4v) is 1.65. The first kappa shape index (κ1) is 16.7. The molecule has 0 spiro atoms. The maximum atomic E-state index is 11.8. The van der Waals surface area contributed by atoms with E-state index in [9.17, 15) is 9.59 Å². The maximum Gasteiger partial charge on any atom is 0.306 e. The van der Waals surface area contributed by atoms with Crippen LogP contribution in [0.4, 0.5) is 5.69 Å². The van der Waals surface area contributed by atoms with Crippen molar-refractivity contribution in [3.63, 3.8) is 0 Å². The average molecular weight is 288 g/mol. The van der Waals surface area contributed by atoms with Crippen molar-refractivity contribution in [1.82, 2.24) is 0 Å². The second-order valence-electron chi connectivity index (χ2n) is 5.78.